The number of benzene rings is 3. The number of ether oxygens (including phenoxy) is 3. The van der Waals surface area contributed by atoms with Crippen molar-refractivity contribution in [3.8, 4) is 23.0 Å². The molecular formula is C24H20O5. The lowest BCUT2D eigenvalue weighted by Crippen LogP contribution is -2.05. The Hall–Kier alpha value is -3.73. The number of hydrogen-bond donors (Lipinski definition) is 0. The normalized spacial score (nSPS) is 10.7. The van der Waals surface area contributed by atoms with Gasteiger partial charge in [0.2, 0.25) is 11.2 Å². The van der Waals surface area contributed by atoms with Gasteiger partial charge in [0.15, 0.2) is 0 Å². The summed E-state index contributed by atoms with van der Waals surface area (Å²) in [5, 5.41) is 0.429. The van der Waals surface area contributed by atoms with E-state index in [1.165, 1.54) is 11.8 Å². The fourth-order valence-electron chi connectivity index (χ4n) is 2.87. The van der Waals surface area contributed by atoms with Crippen LogP contribution < -0.4 is 19.6 Å². The number of aryl methyl sites for hydroxylation is 1. The molecule has 0 amide bonds. The third-order valence-corrected chi connectivity index (χ3v) is 4.53. The van der Waals surface area contributed by atoms with Crippen LogP contribution in [0.2, 0.25) is 0 Å². The molecule has 0 atom stereocenters. The SMILES string of the molecule is COc1ccc(Oc2coc3cc(OCc4ccc(C)cc4)ccc3c2=O)cc1. The van der Waals surface area contributed by atoms with Crippen molar-refractivity contribution in [1.82, 2.24) is 0 Å². The van der Waals surface area contributed by atoms with Crippen LogP contribution in [0.15, 0.2) is 82.2 Å². The molecule has 0 aliphatic carbocycles. The van der Waals surface area contributed by atoms with Crippen molar-refractivity contribution in [1.29, 1.82) is 0 Å². The first-order chi connectivity index (χ1) is 14.1. The molecule has 0 N–H and O–H groups in total. The maximum absolute atomic E-state index is 12.7. The highest BCUT2D eigenvalue weighted by atomic mass is 16.5. The van der Waals surface area contributed by atoms with E-state index in [-0.39, 0.29) is 11.2 Å². The van der Waals surface area contributed by atoms with E-state index >= 15 is 0 Å². The molecule has 0 saturated carbocycles. The Morgan fingerprint density at radius 2 is 1.55 bits per heavy atom. The van der Waals surface area contributed by atoms with Gasteiger partial charge in [-0.15, -0.1) is 0 Å². The summed E-state index contributed by atoms with van der Waals surface area (Å²) in [6.45, 7) is 2.48. The second-order valence-corrected chi connectivity index (χ2v) is 6.64. The Bertz CT molecular complexity index is 1170. The predicted octanol–water partition coefficient (Wildman–Crippen LogP) is 5.48. The number of rotatable bonds is 6. The molecule has 0 spiro atoms. The van der Waals surface area contributed by atoms with Crippen LogP contribution in [0.3, 0.4) is 0 Å². The average Bonchev–Trinajstić information content (AvgIpc) is 2.76. The van der Waals surface area contributed by atoms with E-state index in [0.29, 0.717) is 34.8 Å². The van der Waals surface area contributed by atoms with Crippen molar-refractivity contribution in [3.05, 3.63) is 94.3 Å². The zero-order valence-electron chi connectivity index (χ0n) is 16.2. The van der Waals surface area contributed by atoms with Crippen molar-refractivity contribution in [2.45, 2.75) is 13.5 Å². The summed E-state index contributed by atoms with van der Waals surface area (Å²) in [5.41, 5.74) is 2.47. The molecule has 4 aromatic rings. The summed E-state index contributed by atoms with van der Waals surface area (Å²) in [4.78, 5) is 12.7. The second kappa shape index (κ2) is 8.10. The van der Waals surface area contributed by atoms with Gasteiger partial charge in [-0.3, -0.25) is 4.79 Å². The quantitative estimate of drug-likeness (QED) is 0.438. The molecule has 4 rings (SSSR count). The molecule has 1 heterocycles. The van der Waals surface area contributed by atoms with Gasteiger partial charge >= 0.3 is 0 Å². The fourth-order valence-corrected chi connectivity index (χ4v) is 2.87. The third-order valence-electron chi connectivity index (χ3n) is 4.53. The summed E-state index contributed by atoms with van der Waals surface area (Å²) in [7, 11) is 1.59. The third kappa shape index (κ3) is 4.24. The van der Waals surface area contributed by atoms with Gasteiger partial charge in [-0.05, 0) is 48.9 Å². The highest BCUT2D eigenvalue weighted by Gasteiger charge is 2.10. The zero-order valence-corrected chi connectivity index (χ0v) is 16.2. The number of hydrogen-bond acceptors (Lipinski definition) is 5. The lowest BCUT2D eigenvalue weighted by atomic mass is 10.2. The zero-order chi connectivity index (χ0) is 20.2. The minimum Gasteiger partial charge on any atom is -0.497 e. The van der Waals surface area contributed by atoms with E-state index in [0.717, 1.165) is 5.56 Å². The second-order valence-electron chi connectivity index (χ2n) is 6.64. The molecule has 5 heteroatoms. The summed E-state index contributed by atoms with van der Waals surface area (Å²) < 4.78 is 22.2. The van der Waals surface area contributed by atoms with E-state index in [1.54, 1.807) is 49.6 Å². The molecule has 29 heavy (non-hydrogen) atoms. The first-order valence-corrected chi connectivity index (χ1v) is 9.18. The molecule has 0 saturated heterocycles. The molecule has 3 aromatic carbocycles. The van der Waals surface area contributed by atoms with Gasteiger partial charge in [-0.1, -0.05) is 29.8 Å². The van der Waals surface area contributed by atoms with Crippen molar-refractivity contribution in [2.24, 2.45) is 0 Å². The van der Waals surface area contributed by atoms with E-state index in [2.05, 4.69) is 0 Å². The minimum atomic E-state index is -0.243. The first-order valence-electron chi connectivity index (χ1n) is 9.18. The Morgan fingerprint density at radius 3 is 2.28 bits per heavy atom. The van der Waals surface area contributed by atoms with Crippen molar-refractivity contribution in [2.75, 3.05) is 7.11 Å². The lowest BCUT2D eigenvalue weighted by Gasteiger charge is -2.09. The highest BCUT2D eigenvalue weighted by molar-refractivity contribution is 5.79. The molecule has 146 valence electrons. The van der Waals surface area contributed by atoms with Crippen LogP contribution in [0.5, 0.6) is 23.0 Å². The van der Waals surface area contributed by atoms with Crippen LogP contribution in [0, 0.1) is 6.92 Å². The molecule has 0 aliphatic rings. The van der Waals surface area contributed by atoms with Gasteiger partial charge < -0.3 is 18.6 Å². The van der Waals surface area contributed by atoms with Gasteiger partial charge in [-0.2, -0.15) is 0 Å². The fraction of sp³-hybridized carbons (Fsp3) is 0.125. The topological polar surface area (TPSA) is 57.9 Å². The van der Waals surface area contributed by atoms with Crippen LogP contribution in [0.1, 0.15) is 11.1 Å². The molecule has 0 bridgehead atoms. The Labute approximate surface area is 168 Å². The summed E-state index contributed by atoms with van der Waals surface area (Å²) in [6, 6.07) is 20.3. The highest BCUT2D eigenvalue weighted by Crippen LogP contribution is 2.25. The average molecular weight is 388 g/mol. The molecule has 5 nitrogen and oxygen atoms in total. The van der Waals surface area contributed by atoms with Gasteiger partial charge in [0.1, 0.15) is 35.7 Å². The molecule has 0 fully saturated rings. The molecular weight excluding hydrogens is 368 g/mol. The van der Waals surface area contributed by atoms with Gasteiger partial charge in [0.05, 0.1) is 12.5 Å². The Balaban J connectivity index is 1.52. The van der Waals surface area contributed by atoms with E-state index in [1.807, 2.05) is 31.2 Å². The lowest BCUT2D eigenvalue weighted by molar-refractivity contribution is 0.306. The largest absolute Gasteiger partial charge is 0.497 e. The standard InChI is InChI=1S/C24H20O5/c1-16-3-5-17(6-4-16)14-27-20-11-12-21-22(13-20)28-15-23(24(21)25)29-19-9-7-18(26-2)8-10-19/h3-13,15H,14H2,1-2H3. The van der Waals surface area contributed by atoms with E-state index < -0.39 is 0 Å². The summed E-state index contributed by atoms with van der Waals surface area (Å²) in [6.07, 6.45) is 1.32. The summed E-state index contributed by atoms with van der Waals surface area (Å²) in [5.74, 6) is 1.98. The van der Waals surface area contributed by atoms with E-state index in [4.69, 9.17) is 18.6 Å². The first kappa shape index (κ1) is 18.6. The van der Waals surface area contributed by atoms with Crippen LogP contribution in [-0.4, -0.2) is 7.11 Å². The van der Waals surface area contributed by atoms with Crippen molar-refractivity contribution >= 4 is 11.0 Å². The molecule has 0 aliphatic heterocycles. The molecule has 1 aromatic heterocycles. The Kier molecular flexibility index (Phi) is 5.20. The smallest absolute Gasteiger partial charge is 0.235 e. The van der Waals surface area contributed by atoms with Crippen LogP contribution in [0.25, 0.3) is 11.0 Å². The Morgan fingerprint density at radius 1 is 0.862 bits per heavy atom. The van der Waals surface area contributed by atoms with Crippen LogP contribution >= 0.6 is 0 Å². The van der Waals surface area contributed by atoms with Gasteiger partial charge in [0, 0.05) is 6.07 Å². The molecule has 0 unspecified atom stereocenters. The monoisotopic (exact) mass is 388 g/mol. The number of fused-ring (bicyclic) bond motifs is 1. The van der Waals surface area contributed by atoms with Gasteiger partial charge in [-0.25, -0.2) is 0 Å². The maximum atomic E-state index is 12.7. The maximum Gasteiger partial charge on any atom is 0.235 e. The van der Waals surface area contributed by atoms with Crippen LogP contribution in [-0.2, 0) is 6.61 Å². The van der Waals surface area contributed by atoms with Crippen molar-refractivity contribution in [3.63, 3.8) is 0 Å². The molecule has 0 radical (unpaired) electrons. The predicted molar refractivity (Wildman–Crippen MR) is 111 cm³/mol. The minimum absolute atomic E-state index is 0.121. The number of methoxy groups -OCH3 is 1. The van der Waals surface area contributed by atoms with Crippen molar-refractivity contribution < 1.29 is 18.6 Å². The van der Waals surface area contributed by atoms with Gasteiger partial charge in [0.25, 0.3) is 0 Å². The summed E-state index contributed by atoms with van der Waals surface area (Å²) >= 11 is 0. The van der Waals surface area contributed by atoms with Crippen LogP contribution in [0.4, 0.5) is 0 Å². The van der Waals surface area contributed by atoms with E-state index in [9.17, 15) is 4.79 Å².